The second-order valence-corrected chi connectivity index (χ2v) is 5.65. The highest BCUT2D eigenvalue weighted by molar-refractivity contribution is 6.32. The van der Waals surface area contributed by atoms with Gasteiger partial charge in [-0.15, -0.1) is 0 Å². The van der Waals surface area contributed by atoms with Crippen LogP contribution < -0.4 is 10.2 Å². The quantitative estimate of drug-likeness (QED) is 0.348. The van der Waals surface area contributed by atoms with Crippen molar-refractivity contribution in [3.63, 3.8) is 0 Å². The molecule has 0 aliphatic carbocycles. The Balaban J connectivity index is 2.39. The van der Waals surface area contributed by atoms with Gasteiger partial charge >= 0.3 is 11.6 Å². The lowest BCUT2D eigenvalue weighted by Gasteiger charge is -2.17. The van der Waals surface area contributed by atoms with Crippen LogP contribution in [0, 0.1) is 16.6 Å². The van der Waals surface area contributed by atoms with Crippen LogP contribution in [-0.2, 0) is 0 Å². The third-order valence-corrected chi connectivity index (χ3v) is 3.35. The number of pyridine rings is 1. The predicted molar refractivity (Wildman–Crippen MR) is 81.3 cm³/mol. The van der Waals surface area contributed by atoms with Crippen LogP contribution in [0.15, 0.2) is 24.4 Å². The standard InChI is InChI=1S/C14H10ClF6N5O/c1-6(14(19,20)21)27-11-8(16)4-7(5-24-11)9-2-3-10(22)26(25-9)12(23)13(15,17)18/h2-6,22-23H,1H3/t6-/m0/s1. The number of halogens is 7. The third kappa shape index (κ3) is 4.76. The van der Waals surface area contributed by atoms with Crippen molar-refractivity contribution in [2.75, 3.05) is 0 Å². The van der Waals surface area contributed by atoms with E-state index < -0.39 is 40.7 Å². The molecule has 0 spiro atoms. The second kappa shape index (κ2) is 7.18. The summed E-state index contributed by atoms with van der Waals surface area (Å²) in [6, 6.07) is 2.87. The molecular weight excluding hydrogens is 404 g/mol. The number of ether oxygens (including phenoxy) is 1. The lowest BCUT2D eigenvalue weighted by molar-refractivity contribution is -0.190. The Bertz CT molecular complexity index is 923. The molecule has 0 saturated heterocycles. The fourth-order valence-corrected chi connectivity index (χ4v) is 1.83. The minimum absolute atomic E-state index is 0.112. The molecule has 0 aliphatic heterocycles. The fraction of sp³-hybridized carbons (Fsp3) is 0.286. The zero-order valence-corrected chi connectivity index (χ0v) is 14.0. The number of aromatic nitrogens is 3. The number of hydrogen-bond donors (Lipinski definition) is 2. The number of alkyl halides is 6. The molecule has 146 valence electrons. The number of rotatable bonds is 4. The van der Waals surface area contributed by atoms with Gasteiger partial charge in [0.25, 0.3) is 5.88 Å². The van der Waals surface area contributed by atoms with Gasteiger partial charge in [-0.05, 0) is 36.7 Å². The molecular formula is C14H10ClF6N5O. The minimum Gasteiger partial charge on any atom is -0.463 e. The van der Waals surface area contributed by atoms with E-state index in [2.05, 4.69) is 14.8 Å². The highest BCUT2D eigenvalue weighted by Gasteiger charge is 2.39. The average molecular weight is 414 g/mol. The van der Waals surface area contributed by atoms with Crippen LogP contribution in [0.1, 0.15) is 6.92 Å². The van der Waals surface area contributed by atoms with Crippen LogP contribution in [-0.4, -0.2) is 38.3 Å². The van der Waals surface area contributed by atoms with Crippen LogP contribution in [0.4, 0.5) is 26.3 Å². The van der Waals surface area contributed by atoms with Gasteiger partial charge in [-0.1, -0.05) is 0 Å². The first-order valence-corrected chi connectivity index (χ1v) is 7.39. The number of nitrogens with zero attached hydrogens (tertiary/aromatic N) is 3. The maximum absolute atomic E-state index is 14.0. The molecule has 2 rings (SSSR count). The van der Waals surface area contributed by atoms with Crippen molar-refractivity contribution in [2.45, 2.75) is 24.6 Å². The first kappa shape index (κ1) is 20.7. The van der Waals surface area contributed by atoms with E-state index in [-0.39, 0.29) is 15.9 Å². The van der Waals surface area contributed by atoms with E-state index >= 15 is 0 Å². The van der Waals surface area contributed by atoms with Gasteiger partial charge in [0.15, 0.2) is 11.9 Å². The van der Waals surface area contributed by atoms with Crippen LogP contribution in [0.3, 0.4) is 0 Å². The Kier molecular flexibility index (Phi) is 5.50. The summed E-state index contributed by atoms with van der Waals surface area (Å²) in [4.78, 5) is 3.43. The van der Waals surface area contributed by atoms with Gasteiger partial charge in [-0.2, -0.15) is 31.7 Å². The molecule has 27 heavy (non-hydrogen) atoms. The van der Waals surface area contributed by atoms with Crippen LogP contribution in [0.2, 0.25) is 0 Å². The smallest absolute Gasteiger partial charge is 0.425 e. The molecule has 0 unspecified atom stereocenters. The molecule has 6 nitrogen and oxygen atoms in total. The summed E-state index contributed by atoms with van der Waals surface area (Å²) in [6.07, 6.45) is -6.13. The van der Waals surface area contributed by atoms with E-state index in [1.165, 1.54) is 0 Å². The Morgan fingerprint density at radius 3 is 2.41 bits per heavy atom. The molecule has 2 heterocycles. The summed E-state index contributed by atoms with van der Waals surface area (Å²) < 4.78 is 82.2. The Hall–Kier alpha value is -2.63. The van der Waals surface area contributed by atoms with Gasteiger partial charge in [0.05, 0.1) is 5.69 Å². The summed E-state index contributed by atoms with van der Waals surface area (Å²) in [5.41, 5.74) is -0.895. The highest BCUT2D eigenvalue weighted by atomic mass is 35.5. The molecule has 2 aromatic heterocycles. The predicted octanol–water partition coefficient (Wildman–Crippen LogP) is 3.55. The molecule has 1 atom stereocenters. The fourth-order valence-electron chi connectivity index (χ4n) is 1.75. The first-order valence-electron chi connectivity index (χ1n) is 7.01. The number of hydrogen-bond acceptors (Lipinski definition) is 5. The van der Waals surface area contributed by atoms with E-state index in [1.54, 1.807) is 0 Å². The minimum atomic E-state index is -4.73. The summed E-state index contributed by atoms with van der Waals surface area (Å²) >= 11 is 4.74. The normalized spacial score (nSPS) is 13.3. The van der Waals surface area contributed by atoms with Crippen LogP contribution >= 0.6 is 11.6 Å². The molecule has 0 fully saturated rings. The Labute approximate surface area is 152 Å². The highest BCUT2D eigenvalue weighted by Crippen LogP contribution is 2.27. The van der Waals surface area contributed by atoms with Crippen molar-refractivity contribution in [3.8, 4) is 17.1 Å². The van der Waals surface area contributed by atoms with Crippen LogP contribution in [0.5, 0.6) is 5.88 Å². The Morgan fingerprint density at radius 1 is 1.26 bits per heavy atom. The lowest BCUT2D eigenvalue weighted by Crippen LogP contribution is -2.37. The van der Waals surface area contributed by atoms with E-state index in [0.29, 0.717) is 6.92 Å². The Morgan fingerprint density at radius 2 is 1.89 bits per heavy atom. The van der Waals surface area contributed by atoms with Crippen molar-refractivity contribution >= 4 is 17.4 Å². The van der Waals surface area contributed by atoms with Crippen molar-refractivity contribution in [2.24, 2.45) is 0 Å². The second-order valence-electron chi connectivity index (χ2n) is 5.17. The van der Waals surface area contributed by atoms with Crippen molar-refractivity contribution in [1.29, 1.82) is 10.8 Å². The van der Waals surface area contributed by atoms with Crippen LogP contribution in [0.25, 0.3) is 11.3 Å². The van der Waals surface area contributed by atoms with Gasteiger partial charge in [-0.25, -0.2) is 9.37 Å². The molecule has 2 N–H and O–H groups in total. The average Bonchev–Trinajstić information content (AvgIpc) is 2.54. The van der Waals surface area contributed by atoms with E-state index in [1.807, 2.05) is 0 Å². The van der Waals surface area contributed by atoms with Gasteiger partial charge in [0.1, 0.15) is 5.49 Å². The zero-order chi connectivity index (χ0) is 20.6. The van der Waals surface area contributed by atoms with E-state index in [4.69, 9.17) is 22.4 Å². The lowest BCUT2D eigenvalue weighted by atomic mass is 10.2. The first-order chi connectivity index (χ1) is 12.3. The van der Waals surface area contributed by atoms with Crippen molar-refractivity contribution < 1.29 is 31.1 Å². The summed E-state index contributed by atoms with van der Waals surface area (Å²) in [5.74, 6) is -3.67. The van der Waals surface area contributed by atoms with Crippen molar-refractivity contribution in [3.05, 3.63) is 35.7 Å². The summed E-state index contributed by atoms with van der Waals surface area (Å²) in [7, 11) is 0. The third-order valence-electron chi connectivity index (χ3n) is 3.17. The van der Waals surface area contributed by atoms with Crippen molar-refractivity contribution in [1.82, 2.24) is 14.8 Å². The van der Waals surface area contributed by atoms with E-state index in [9.17, 15) is 26.3 Å². The maximum Gasteiger partial charge on any atom is 0.425 e. The van der Waals surface area contributed by atoms with Gasteiger partial charge < -0.3 is 4.74 Å². The SMILES string of the molecule is C[C@H](Oc1ncc(-c2ccc(=N)n(C(=N)C(F)(F)Cl)n2)cc1F)C(F)(F)F. The summed E-state index contributed by atoms with van der Waals surface area (Å²) in [5, 5.41) is 14.3. The van der Waals surface area contributed by atoms with Gasteiger partial charge in [0, 0.05) is 11.8 Å². The molecule has 0 amide bonds. The van der Waals surface area contributed by atoms with Gasteiger partial charge in [-0.3, -0.25) is 10.8 Å². The summed E-state index contributed by atoms with van der Waals surface area (Å²) in [6.45, 7) is 0.671. The van der Waals surface area contributed by atoms with Gasteiger partial charge in [0.2, 0.25) is 5.84 Å². The topological polar surface area (TPSA) is 87.6 Å². The molecule has 0 radical (unpaired) electrons. The maximum atomic E-state index is 14.0. The monoisotopic (exact) mass is 413 g/mol. The largest absolute Gasteiger partial charge is 0.463 e. The van der Waals surface area contributed by atoms with E-state index in [0.717, 1.165) is 24.4 Å². The molecule has 0 saturated carbocycles. The molecule has 0 aromatic carbocycles. The molecule has 2 aromatic rings. The molecule has 0 aliphatic rings. The zero-order valence-electron chi connectivity index (χ0n) is 13.3. The molecule has 13 heteroatoms. The number of nitrogens with one attached hydrogen (secondary N) is 2. The molecule has 0 bridgehead atoms.